The standard InChI is InChI=1S/C26H21BrN2O5S/c1-4-12-34-25(32)21-15(2)28-26-29(22(21)17-8-10-18(11-9-17)24(31)33-3)23(30)20(35-26)14-16-6-5-7-19(27)13-16/h4-11,13-14,22H,1,12H2,2-3H3. The zero-order valence-corrected chi connectivity index (χ0v) is 21.4. The number of hydrogen-bond donors (Lipinski definition) is 0. The van der Waals surface area contributed by atoms with E-state index in [0.717, 1.165) is 10.0 Å². The molecule has 178 valence electrons. The Morgan fingerprint density at radius 2 is 1.94 bits per heavy atom. The zero-order chi connectivity index (χ0) is 25.1. The molecule has 0 radical (unpaired) electrons. The van der Waals surface area contributed by atoms with Crippen LogP contribution in [0.25, 0.3) is 6.08 Å². The number of nitrogens with zero attached hydrogens (tertiary/aromatic N) is 2. The van der Waals surface area contributed by atoms with Gasteiger partial charge in [0.1, 0.15) is 6.61 Å². The van der Waals surface area contributed by atoms with Gasteiger partial charge in [0.2, 0.25) is 0 Å². The Bertz CT molecular complexity index is 1530. The van der Waals surface area contributed by atoms with E-state index in [1.54, 1.807) is 37.3 Å². The number of rotatable bonds is 6. The van der Waals surface area contributed by atoms with Crippen molar-refractivity contribution in [2.45, 2.75) is 13.0 Å². The number of carbonyl (C=O) groups excluding carboxylic acids is 2. The van der Waals surface area contributed by atoms with Gasteiger partial charge in [-0.2, -0.15) is 0 Å². The second-order valence-electron chi connectivity index (χ2n) is 7.64. The molecule has 0 amide bonds. The van der Waals surface area contributed by atoms with Gasteiger partial charge in [0, 0.05) is 4.47 Å². The molecule has 1 aliphatic heterocycles. The molecular weight excluding hydrogens is 532 g/mol. The highest BCUT2D eigenvalue weighted by atomic mass is 79.9. The van der Waals surface area contributed by atoms with E-state index in [9.17, 15) is 14.4 Å². The van der Waals surface area contributed by atoms with Crippen LogP contribution in [0.2, 0.25) is 0 Å². The number of aromatic nitrogens is 1. The van der Waals surface area contributed by atoms with Crippen LogP contribution in [0.1, 0.15) is 34.5 Å². The van der Waals surface area contributed by atoms with Crippen LogP contribution in [0.5, 0.6) is 0 Å². The fourth-order valence-electron chi connectivity index (χ4n) is 3.78. The number of thiazole rings is 1. The normalized spacial score (nSPS) is 15.3. The van der Waals surface area contributed by atoms with E-state index in [4.69, 9.17) is 9.47 Å². The monoisotopic (exact) mass is 552 g/mol. The van der Waals surface area contributed by atoms with Crippen molar-refractivity contribution in [2.75, 3.05) is 13.7 Å². The van der Waals surface area contributed by atoms with Gasteiger partial charge in [0.05, 0.1) is 34.5 Å². The van der Waals surface area contributed by atoms with Gasteiger partial charge in [-0.1, -0.05) is 64.2 Å². The van der Waals surface area contributed by atoms with E-state index in [-0.39, 0.29) is 17.7 Å². The number of hydrogen-bond acceptors (Lipinski definition) is 7. The minimum Gasteiger partial charge on any atom is -0.465 e. The number of ether oxygens (including phenoxy) is 2. The third-order valence-electron chi connectivity index (χ3n) is 5.37. The molecule has 0 N–H and O–H groups in total. The number of fused-ring (bicyclic) bond motifs is 1. The smallest absolute Gasteiger partial charge is 0.338 e. The molecule has 2 heterocycles. The van der Waals surface area contributed by atoms with Crippen LogP contribution in [0.15, 0.2) is 86.7 Å². The highest BCUT2D eigenvalue weighted by Gasteiger charge is 2.33. The summed E-state index contributed by atoms with van der Waals surface area (Å²) in [5, 5.41) is 0. The molecule has 3 aromatic rings. The van der Waals surface area contributed by atoms with E-state index < -0.39 is 18.0 Å². The summed E-state index contributed by atoms with van der Waals surface area (Å²) >= 11 is 4.69. The Hall–Kier alpha value is -3.56. The second kappa shape index (κ2) is 10.4. The lowest BCUT2D eigenvalue weighted by atomic mass is 9.95. The number of allylic oxidation sites excluding steroid dienone is 1. The fraction of sp³-hybridized carbons (Fsp3) is 0.154. The first-order valence-electron chi connectivity index (χ1n) is 10.6. The summed E-state index contributed by atoms with van der Waals surface area (Å²) < 4.78 is 13.0. The summed E-state index contributed by atoms with van der Waals surface area (Å²) in [5.41, 5.74) is 2.26. The van der Waals surface area contributed by atoms with Crippen LogP contribution in [-0.2, 0) is 14.3 Å². The van der Waals surface area contributed by atoms with E-state index >= 15 is 0 Å². The Morgan fingerprint density at radius 1 is 1.20 bits per heavy atom. The Balaban J connectivity index is 1.91. The predicted molar refractivity (Wildman–Crippen MR) is 137 cm³/mol. The third kappa shape index (κ3) is 4.96. The highest BCUT2D eigenvalue weighted by Crippen LogP contribution is 2.31. The molecule has 1 aromatic heterocycles. The van der Waals surface area contributed by atoms with Crippen molar-refractivity contribution in [1.29, 1.82) is 0 Å². The molecule has 0 fully saturated rings. The molecule has 0 aliphatic carbocycles. The maximum Gasteiger partial charge on any atom is 0.338 e. The molecule has 0 saturated carbocycles. The first-order chi connectivity index (χ1) is 16.8. The number of methoxy groups -OCH3 is 1. The Kier molecular flexibility index (Phi) is 7.28. The first-order valence-corrected chi connectivity index (χ1v) is 12.2. The van der Waals surface area contributed by atoms with Gasteiger partial charge in [0.15, 0.2) is 4.80 Å². The summed E-state index contributed by atoms with van der Waals surface area (Å²) in [6.45, 7) is 5.32. The minimum absolute atomic E-state index is 0.0247. The van der Waals surface area contributed by atoms with Crippen molar-refractivity contribution in [3.05, 3.63) is 113 Å². The Morgan fingerprint density at radius 3 is 2.60 bits per heavy atom. The van der Waals surface area contributed by atoms with Gasteiger partial charge in [-0.05, 0) is 48.4 Å². The summed E-state index contributed by atoms with van der Waals surface area (Å²) in [7, 11) is 1.30. The molecule has 1 unspecified atom stereocenters. The van der Waals surface area contributed by atoms with E-state index in [1.165, 1.54) is 29.1 Å². The van der Waals surface area contributed by atoms with Crippen molar-refractivity contribution in [3.8, 4) is 0 Å². The Labute approximate surface area is 213 Å². The van der Waals surface area contributed by atoms with Crippen LogP contribution in [-0.4, -0.2) is 30.2 Å². The maximum atomic E-state index is 13.6. The summed E-state index contributed by atoms with van der Waals surface area (Å²) in [5.74, 6) is -1.07. The highest BCUT2D eigenvalue weighted by molar-refractivity contribution is 9.10. The first kappa shape index (κ1) is 24.6. The molecule has 35 heavy (non-hydrogen) atoms. The van der Waals surface area contributed by atoms with E-state index in [1.807, 2.05) is 24.3 Å². The zero-order valence-electron chi connectivity index (χ0n) is 19.0. The van der Waals surface area contributed by atoms with Crippen LogP contribution in [0.4, 0.5) is 0 Å². The van der Waals surface area contributed by atoms with Crippen molar-refractivity contribution in [1.82, 2.24) is 4.57 Å². The van der Waals surface area contributed by atoms with Crippen molar-refractivity contribution in [2.24, 2.45) is 4.99 Å². The molecule has 0 spiro atoms. The molecular formula is C26H21BrN2O5S. The predicted octanol–water partition coefficient (Wildman–Crippen LogP) is 3.51. The molecule has 1 atom stereocenters. The van der Waals surface area contributed by atoms with Gasteiger partial charge in [-0.3, -0.25) is 9.36 Å². The molecule has 2 aromatic carbocycles. The SMILES string of the molecule is C=CCOC(=O)C1=C(C)N=c2sc(=Cc3cccc(Br)c3)c(=O)n2C1c1ccc(C(=O)OC)cc1. The lowest BCUT2D eigenvalue weighted by Gasteiger charge is -2.24. The lowest BCUT2D eigenvalue weighted by Crippen LogP contribution is -2.40. The summed E-state index contributed by atoms with van der Waals surface area (Å²) in [6, 6.07) is 13.4. The quantitative estimate of drug-likeness (QED) is 0.345. The van der Waals surface area contributed by atoms with E-state index in [2.05, 4.69) is 27.5 Å². The van der Waals surface area contributed by atoms with E-state index in [0.29, 0.717) is 26.2 Å². The van der Waals surface area contributed by atoms with Gasteiger partial charge in [-0.15, -0.1) is 0 Å². The van der Waals surface area contributed by atoms with Gasteiger partial charge in [0.25, 0.3) is 5.56 Å². The van der Waals surface area contributed by atoms with Crippen LogP contribution < -0.4 is 14.9 Å². The molecule has 0 bridgehead atoms. The van der Waals surface area contributed by atoms with Crippen molar-refractivity contribution in [3.63, 3.8) is 0 Å². The van der Waals surface area contributed by atoms with Gasteiger partial charge < -0.3 is 9.47 Å². The largest absolute Gasteiger partial charge is 0.465 e. The second-order valence-corrected chi connectivity index (χ2v) is 9.56. The van der Waals surface area contributed by atoms with Crippen molar-refractivity contribution >= 4 is 45.3 Å². The number of benzene rings is 2. The van der Waals surface area contributed by atoms with Gasteiger partial charge in [-0.25, -0.2) is 14.6 Å². The van der Waals surface area contributed by atoms with Crippen LogP contribution >= 0.6 is 27.3 Å². The lowest BCUT2D eigenvalue weighted by molar-refractivity contribution is -0.138. The number of halogens is 1. The molecule has 1 aliphatic rings. The number of esters is 2. The summed E-state index contributed by atoms with van der Waals surface area (Å²) in [6.07, 6.45) is 3.27. The summed E-state index contributed by atoms with van der Waals surface area (Å²) in [4.78, 5) is 43.6. The van der Waals surface area contributed by atoms with Crippen LogP contribution in [0, 0.1) is 0 Å². The molecule has 7 nitrogen and oxygen atoms in total. The minimum atomic E-state index is -0.778. The molecule has 9 heteroatoms. The molecule has 4 rings (SSSR count). The van der Waals surface area contributed by atoms with Gasteiger partial charge >= 0.3 is 11.9 Å². The third-order valence-corrected chi connectivity index (χ3v) is 6.84. The molecule has 0 saturated heterocycles. The maximum absolute atomic E-state index is 13.6. The van der Waals surface area contributed by atoms with Crippen LogP contribution in [0.3, 0.4) is 0 Å². The fourth-order valence-corrected chi connectivity index (χ4v) is 5.24. The van der Waals surface area contributed by atoms with Crippen molar-refractivity contribution < 1.29 is 19.1 Å². The average molecular weight is 553 g/mol. The number of carbonyl (C=O) groups is 2. The average Bonchev–Trinajstić information content (AvgIpc) is 3.15. The topological polar surface area (TPSA) is 87.0 Å².